The van der Waals surface area contributed by atoms with Gasteiger partial charge in [-0.3, -0.25) is 4.99 Å². The van der Waals surface area contributed by atoms with E-state index in [1.54, 1.807) is 18.3 Å². The number of phenolic OH excluding ortho intramolecular Hbond substituents is 1. The van der Waals surface area contributed by atoms with E-state index in [-0.39, 0.29) is 12.2 Å². The third-order valence-electron chi connectivity index (χ3n) is 2.86. The van der Waals surface area contributed by atoms with E-state index in [1.807, 2.05) is 0 Å². The maximum absolute atomic E-state index is 11.2. The van der Waals surface area contributed by atoms with Gasteiger partial charge >= 0.3 is 5.97 Å². The molecular formula is C14H15N3O4. The number of ether oxygens (including phenoxy) is 1. The van der Waals surface area contributed by atoms with Gasteiger partial charge in [0.15, 0.2) is 17.5 Å². The third kappa shape index (κ3) is 3.82. The molecule has 110 valence electrons. The molecular weight excluding hydrogens is 274 g/mol. The summed E-state index contributed by atoms with van der Waals surface area (Å²) in [5.41, 5.74) is 1.34. The smallest absolute Gasteiger partial charge is 0.328 e. The first-order valence-electron chi connectivity index (χ1n) is 6.20. The average molecular weight is 289 g/mol. The summed E-state index contributed by atoms with van der Waals surface area (Å²) >= 11 is 0. The van der Waals surface area contributed by atoms with Crippen LogP contribution in [0.3, 0.4) is 0 Å². The lowest BCUT2D eigenvalue weighted by atomic mass is 10.1. The van der Waals surface area contributed by atoms with Crippen LogP contribution in [0.25, 0.3) is 0 Å². The van der Waals surface area contributed by atoms with Crippen molar-refractivity contribution in [2.45, 2.75) is 12.5 Å². The Labute approximate surface area is 121 Å². The number of hydrogen-bond acceptors (Lipinski definition) is 5. The Morgan fingerprint density at radius 1 is 1.57 bits per heavy atom. The van der Waals surface area contributed by atoms with Gasteiger partial charge in [0.1, 0.15) is 0 Å². The van der Waals surface area contributed by atoms with Gasteiger partial charge in [0.05, 0.1) is 13.4 Å². The zero-order chi connectivity index (χ0) is 15.2. The van der Waals surface area contributed by atoms with Gasteiger partial charge in [-0.2, -0.15) is 0 Å². The normalized spacial score (nSPS) is 12.4. The minimum Gasteiger partial charge on any atom is -0.504 e. The molecule has 1 unspecified atom stereocenters. The summed E-state index contributed by atoms with van der Waals surface area (Å²) in [4.78, 5) is 22.0. The standard InChI is InChI=1S/C14H15N3O4/c1-21-13-4-9(2-3-12(13)18)6-16-11(14(19)20)5-10-7-15-8-17-10/h2-4,6-8,11,18H,5H2,1H3,(H,15,17)(H,19,20). The van der Waals surface area contributed by atoms with Crippen LogP contribution in [-0.4, -0.2) is 45.5 Å². The number of aliphatic carboxylic acids is 1. The fourth-order valence-electron chi connectivity index (χ4n) is 1.76. The SMILES string of the molecule is COc1cc(C=NC(Cc2cnc[nH]2)C(=O)O)ccc1O. The molecule has 7 nitrogen and oxygen atoms in total. The summed E-state index contributed by atoms with van der Waals surface area (Å²) in [6, 6.07) is 3.75. The highest BCUT2D eigenvalue weighted by Crippen LogP contribution is 2.25. The molecule has 2 aromatic rings. The lowest BCUT2D eigenvalue weighted by molar-refractivity contribution is -0.138. The first-order valence-corrected chi connectivity index (χ1v) is 6.20. The van der Waals surface area contributed by atoms with Crippen molar-refractivity contribution >= 4 is 12.2 Å². The Bertz CT molecular complexity index is 638. The second-order valence-corrected chi connectivity index (χ2v) is 4.34. The third-order valence-corrected chi connectivity index (χ3v) is 2.86. The number of nitrogens with zero attached hydrogens (tertiary/aromatic N) is 2. The summed E-state index contributed by atoms with van der Waals surface area (Å²) in [6.45, 7) is 0. The zero-order valence-electron chi connectivity index (χ0n) is 11.4. The highest BCUT2D eigenvalue weighted by Gasteiger charge is 2.16. The number of carboxylic acids is 1. The van der Waals surface area contributed by atoms with Crippen molar-refractivity contribution in [3.63, 3.8) is 0 Å². The molecule has 7 heteroatoms. The van der Waals surface area contributed by atoms with Crippen LogP contribution in [0.1, 0.15) is 11.3 Å². The van der Waals surface area contributed by atoms with Crippen molar-refractivity contribution in [3.8, 4) is 11.5 Å². The number of aromatic amines is 1. The van der Waals surface area contributed by atoms with E-state index in [0.29, 0.717) is 17.0 Å². The minimum atomic E-state index is -1.02. The van der Waals surface area contributed by atoms with E-state index >= 15 is 0 Å². The number of carboxylic acid groups (broad SMARTS) is 1. The molecule has 0 aliphatic carbocycles. The number of aromatic nitrogens is 2. The van der Waals surface area contributed by atoms with E-state index in [0.717, 1.165) is 0 Å². The van der Waals surface area contributed by atoms with E-state index in [1.165, 1.54) is 25.7 Å². The number of imidazole rings is 1. The maximum atomic E-state index is 11.2. The fraction of sp³-hybridized carbons (Fsp3) is 0.214. The van der Waals surface area contributed by atoms with Gasteiger partial charge in [-0.25, -0.2) is 9.78 Å². The summed E-state index contributed by atoms with van der Waals surface area (Å²) in [5, 5.41) is 18.7. The summed E-state index contributed by atoms with van der Waals surface area (Å²) in [5.74, 6) is -0.701. The topological polar surface area (TPSA) is 108 Å². The molecule has 1 atom stereocenters. The van der Waals surface area contributed by atoms with Gasteiger partial charge in [0.25, 0.3) is 0 Å². The Kier molecular flexibility index (Phi) is 4.55. The van der Waals surface area contributed by atoms with E-state index in [4.69, 9.17) is 4.74 Å². The molecule has 0 bridgehead atoms. The number of H-pyrrole nitrogens is 1. The number of aliphatic imine (C=N–C) groups is 1. The minimum absolute atomic E-state index is 0.0156. The van der Waals surface area contributed by atoms with Crippen LogP contribution in [0.2, 0.25) is 0 Å². The van der Waals surface area contributed by atoms with Crippen molar-refractivity contribution < 1.29 is 19.7 Å². The molecule has 0 fully saturated rings. The summed E-state index contributed by atoms with van der Waals surface area (Å²) in [6.07, 6.45) is 4.72. The Morgan fingerprint density at radius 2 is 2.38 bits per heavy atom. The number of hydrogen-bond donors (Lipinski definition) is 3. The van der Waals surface area contributed by atoms with E-state index in [2.05, 4.69) is 15.0 Å². The van der Waals surface area contributed by atoms with Crippen LogP contribution in [0.4, 0.5) is 0 Å². The molecule has 0 radical (unpaired) electrons. The van der Waals surface area contributed by atoms with Crippen molar-refractivity contribution in [1.82, 2.24) is 9.97 Å². The molecule has 1 heterocycles. The van der Waals surface area contributed by atoms with Crippen molar-refractivity contribution in [1.29, 1.82) is 0 Å². The quantitative estimate of drug-likeness (QED) is 0.693. The van der Waals surface area contributed by atoms with Crippen LogP contribution in [0.5, 0.6) is 11.5 Å². The molecule has 0 aliphatic heterocycles. The van der Waals surface area contributed by atoms with Gasteiger partial charge < -0.3 is 19.9 Å². The first kappa shape index (κ1) is 14.6. The fourth-order valence-corrected chi connectivity index (χ4v) is 1.76. The molecule has 3 N–H and O–H groups in total. The molecule has 0 saturated carbocycles. The molecule has 1 aromatic heterocycles. The lowest BCUT2D eigenvalue weighted by Gasteiger charge is -2.06. The summed E-state index contributed by atoms with van der Waals surface area (Å²) in [7, 11) is 1.44. The molecule has 0 amide bonds. The number of methoxy groups -OCH3 is 1. The monoisotopic (exact) mass is 289 g/mol. The Balaban J connectivity index is 2.14. The number of benzene rings is 1. The van der Waals surface area contributed by atoms with Gasteiger partial charge in [0, 0.05) is 24.5 Å². The number of carbonyl (C=O) groups is 1. The van der Waals surface area contributed by atoms with Gasteiger partial charge in [-0.15, -0.1) is 0 Å². The van der Waals surface area contributed by atoms with Crippen LogP contribution in [0.15, 0.2) is 35.7 Å². The van der Waals surface area contributed by atoms with Crippen LogP contribution in [0, 0.1) is 0 Å². The van der Waals surface area contributed by atoms with Crippen LogP contribution >= 0.6 is 0 Å². The molecule has 21 heavy (non-hydrogen) atoms. The second kappa shape index (κ2) is 6.56. The number of phenols is 1. The molecule has 0 saturated heterocycles. The van der Waals surface area contributed by atoms with Crippen molar-refractivity contribution in [2.24, 2.45) is 4.99 Å². The predicted molar refractivity (Wildman–Crippen MR) is 76.0 cm³/mol. The second-order valence-electron chi connectivity index (χ2n) is 4.34. The van der Waals surface area contributed by atoms with Gasteiger partial charge in [-0.05, 0) is 23.8 Å². The van der Waals surface area contributed by atoms with Crippen LogP contribution in [-0.2, 0) is 11.2 Å². The average Bonchev–Trinajstić information content (AvgIpc) is 2.97. The van der Waals surface area contributed by atoms with Gasteiger partial charge in [-0.1, -0.05) is 0 Å². The lowest BCUT2D eigenvalue weighted by Crippen LogP contribution is -2.21. The highest BCUT2D eigenvalue weighted by molar-refractivity contribution is 5.84. The van der Waals surface area contributed by atoms with Gasteiger partial charge in [0.2, 0.25) is 0 Å². The maximum Gasteiger partial charge on any atom is 0.328 e. The van der Waals surface area contributed by atoms with Crippen LogP contribution < -0.4 is 4.74 Å². The first-order chi connectivity index (χ1) is 10.1. The van der Waals surface area contributed by atoms with E-state index in [9.17, 15) is 15.0 Å². The largest absolute Gasteiger partial charge is 0.504 e. The van der Waals surface area contributed by atoms with E-state index < -0.39 is 12.0 Å². The Morgan fingerprint density at radius 3 is 3.00 bits per heavy atom. The summed E-state index contributed by atoms with van der Waals surface area (Å²) < 4.78 is 4.98. The number of aromatic hydroxyl groups is 1. The number of nitrogens with one attached hydrogen (secondary N) is 1. The highest BCUT2D eigenvalue weighted by atomic mass is 16.5. The zero-order valence-corrected chi connectivity index (χ0v) is 11.4. The molecule has 0 spiro atoms. The van der Waals surface area contributed by atoms with Crippen molar-refractivity contribution in [3.05, 3.63) is 42.0 Å². The molecule has 2 rings (SSSR count). The molecule has 0 aliphatic rings. The van der Waals surface area contributed by atoms with Crippen molar-refractivity contribution in [2.75, 3.05) is 7.11 Å². The molecule has 1 aromatic carbocycles. The predicted octanol–water partition coefficient (Wildman–Crippen LogP) is 1.24. The number of rotatable bonds is 6. The Hall–Kier alpha value is -2.83.